The normalized spacial score (nSPS) is 13.9. The van der Waals surface area contributed by atoms with E-state index in [0.29, 0.717) is 0 Å². The van der Waals surface area contributed by atoms with Gasteiger partial charge in [0.25, 0.3) is 0 Å². The molecule has 7 aromatic carbocycles. The summed E-state index contributed by atoms with van der Waals surface area (Å²) < 4.78 is 13.9. The molecule has 0 saturated carbocycles. The zero-order valence-corrected chi connectivity index (χ0v) is 24.1. The molecule has 0 saturated heterocycles. The van der Waals surface area contributed by atoms with E-state index in [0.717, 1.165) is 34.1 Å². The Balaban J connectivity index is 1.46. The molecular weight excluding hydrogens is 529 g/mol. The Kier molecular flexibility index (Phi) is 4.87. The van der Waals surface area contributed by atoms with Gasteiger partial charge in [-0.2, -0.15) is 0 Å². The Labute approximate surface area is 245 Å². The van der Waals surface area contributed by atoms with Gasteiger partial charge in [0.15, 0.2) is 8.07 Å². The van der Waals surface area contributed by atoms with Crippen LogP contribution in [0.3, 0.4) is 0 Å². The Bertz CT molecular complexity index is 2050. The van der Waals surface area contributed by atoms with Crippen LogP contribution in [0, 0.1) is 0 Å². The predicted octanol–water partition coefficient (Wildman–Crippen LogP) is 8.64. The van der Waals surface area contributed by atoms with Crippen molar-refractivity contribution in [1.82, 2.24) is 0 Å². The lowest BCUT2D eigenvalue weighted by Crippen LogP contribution is -2.68. The first-order valence-corrected chi connectivity index (χ1v) is 16.9. The summed E-state index contributed by atoms with van der Waals surface area (Å²) in [5.74, 6) is 3.75. The Hall–Kier alpha value is -5.12. The Morgan fingerprint density at radius 3 is 1.36 bits per heavy atom. The third kappa shape index (κ3) is 3.14. The highest BCUT2D eigenvalue weighted by Crippen LogP contribution is 2.48. The standard InChI is InChI=1S/C39H26O2Si/c1-42-33-23-27-17-8-10-19-29(27)35(25-13-4-2-5-14-25)37(33)40-31-21-12-22-32(39(31)42)41-38-34(42)24-28-18-9-11-20-30(28)36(38)26-15-6-3-7-16-26/h2-24H,1H3. The van der Waals surface area contributed by atoms with Crippen LogP contribution in [0.1, 0.15) is 0 Å². The van der Waals surface area contributed by atoms with Gasteiger partial charge >= 0.3 is 0 Å². The van der Waals surface area contributed by atoms with Crippen molar-refractivity contribution < 1.29 is 9.47 Å². The SMILES string of the molecule is C[Si]12c3cc4ccccc4c(-c4ccccc4)c3Oc3cccc(c31)Oc1c2cc2ccccc2c1-c1ccccc1. The molecule has 0 unspecified atom stereocenters. The van der Waals surface area contributed by atoms with Crippen molar-refractivity contribution in [3.8, 4) is 45.3 Å². The van der Waals surface area contributed by atoms with Crippen LogP contribution in [0.25, 0.3) is 43.8 Å². The van der Waals surface area contributed by atoms with Gasteiger partial charge in [-0.05, 0) is 55.2 Å². The molecule has 2 aliphatic rings. The van der Waals surface area contributed by atoms with Crippen LogP contribution in [0.5, 0.6) is 23.0 Å². The maximum absolute atomic E-state index is 6.96. The van der Waals surface area contributed by atoms with E-state index in [4.69, 9.17) is 9.47 Å². The summed E-state index contributed by atoms with van der Waals surface area (Å²) in [6, 6.07) is 49.9. The van der Waals surface area contributed by atoms with Gasteiger partial charge in [0.1, 0.15) is 23.0 Å². The highest BCUT2D eigenvalue weighted by molar-refractivity contribution is 7.13. The van der Waals surface area contributed by atoms with Crippen molar-refractivity contribution in [1.29, 1.82) is 0 Å². The van der Waals surface area contributed by atoms with E-state index in [1.54, 1.807) is 0 Å². The molecule has 42 heavy (non-hydrogen) atoms. The summed E-state index contributed by atoms with van der Waals surface area (Å²) in [6.45, 7) is 2.49. The number of hydrogen-bond acceptors (Lipinski definition) is 2. The van der Waals surface area contributed by atoms with Crippen LogP contribution in [-0.2, 0) is 0 Å². The van der Waals surface area contributed by atoms with Crippen LogP contribution < -0.4 is 25.0 Å². The van der Waals surface area contributed by atoms with Gasteiger partial charge in [0.05, 0.1) is 0 Å². The van der Waals surface area contributed by atoms with E-state index in [1.165, 1.54) is 48.2 Å². The van der Waals surface area contributed by atoms with Gasteiger partial charge in [-0.25, -0.2) is 0 Å². The van der Waals surface area contributed by atoms with E-state index in [1.807, 2.05) is 0 Å². The minimum Gasteiger partial charge on any atom is -0.457 e. The van der Waals surface area contributed by atoms with Gasteiger partial charge in [-0.1, -0.05) is 134 Å². The molecule has 0 N–H and O–H groups in total. The lowest BCUT2D eigenvalue weighted by molar-refractivity contribution is 0.466. The molecule has 0 fully saturated rings. The van der Waals surface area contributed by atoms with Gasteiger partial charge in [-0.15, -0.1) is 0 Å². The smallest absolute Gasteiger partial charge is 0.164 e. The van der Waals surface area contributed by atoms with Crippen molar-refractivity contribution in [2.24, 2.45) is 0 Å². The van der Waals surface area contributed by atoms with Gasteiger partial charge in [0, 0.05) is 16.3 Å². The van der Waals surface area contributed by atoms with E-state index in [9.17, 15) is 0 Å². The number of fused-ring (bicyclic) bond motifs is 6. The minimum absolute atomic E-state index is 0.904. The quantitative estimate of drug-likeness (QED) is 0.199. The summed E-state index contributed by atoms with van der Waals surface area (Å²) in [5, 5.41) is 8.66. The van der Waals surface area contributed by atoms with Crippen LogP contribution >= 0.6 is 0 Å². The molecule has 0 spiro atoms. The van der Waals surface area contributed by atoms with Crippen molar-refractivity contribution in [2.75, 3.05) is 0 Å². The van der Waals surface area contributed by atoms with Crippen LogP contribution in [0.15, 0.2) is 140 Å². The average molecular weight is 555 g/mol. The summed E-state index contributed by atoms with van der Waals surface area (Å²) in [4.78, 5) is 0. The average Bonchev–Trinajstić information content (AvgIpc) is 3.04. The van der Waals surface area contributed by atoms with Crippen molar-refractivity contribution in [3.63, 3.8) is 0 Å². The zero-order chi connectivity index (χ0) is 27.8. The van der Waals surface area contributed by atoms with E-state index < -0.39 is 8.07 Å². The highest BCUT2D eigenvalue weighted by atomic mass is 28.3. The Morgan fingerprint density at radius 2 is 0.881 bits per heavy atom. The fourth-order valence-corrected chi connectivity index (χ4v) is 11.4. The van der Waals surface area contributed by atoms with E-state index >= 15 is 0 Å². The fourth-order valence-electron chi connectivity index (χ4n) is 7.20. The summed E-state index contributed by atoms with van der Waals surface area (Å²) in [6.07, 6.45) is 0. The molecule has 0 aromatic heterocycles. The number of benzene rings is 7. The first-order valence-electron chi connectivity index (χ1n) is 14.4. The third-order valence-corrected chi connectivity index (χ3v) is 13.5. The van der Waals surface area contributed by atoms with E-state index in [2.05, 4.69) is 146 Å². The maximum Gasteiger partial charge on any atom is 0.164 e. The first kappa shape index (κ1) is 23.6. The van der Waals surface area contributed by atoms with E-state index in [-0.39, 0.29) is 0 Å². The summed E-state index contributed by atoms with van der Waals surface area (Å²) >= 11 is 0. The zero-order valence-electron chi connectivity index (χ0n) is 23.1. The van der Waals surface area contributed by atoms with Crippen molar-refractivity contribution >= 4 is 45.2 Å². The molecule has 0 atom stereocenters. The molecule has 7 aromatic rings. The molecule has 2 heterocycles. The molecule has 2 nitrogen and oxygen atoms in total. The first-order chi connectivity index (χ1) is 20.7. The third-order valence-electron chi connectivity index (χ3n) is 9.12. The van der Waals surface area contributed by atoms with Crippen molar-refractivity contribution in [2.45, 2.75) is 6.55 Å². The molecule has 0 amide bonds. The molecule has 0 aliphatic carbocycles. The highest BCUT2D eigenvalue weighted by Gasteiger charge is 2.50. The number of hydrogen-bond donors (Lipinski definition) is 0. The predicted molar refractivity (Wildman–Crippen MR) is 176 cm³/mol. The molecule has 0 radical (unpaired) electrons. The molecular formula is C39H26O2Si. The Morgan fingerprint density at radius 1 is 0.452 bits per heavy atom. The van der Waals surface area contributed by atoms with Gasteiger partial charge < -0.3 is 9.47 Å². The van der Waals surface area contributed by atoms with Crippen molar-refractivity contribution in [3.05, 3.63) is 140 Å². The molecule has 0 bridgehead atoms. The monoisotopic (exact) mass is 554 g/mol. The van der Waals surface area contributed by atoms with Crippen LogP contribution in [0.4, 0.5) is 0 Å². The second-order valence-electron chi connectivity index (χ2n) is 11.4. The maximum atomic E-state index is 6.96. The van der Waals surface area contributed by atoms with Gasteiger partial charge in [-0.3, -0.25) is 0 Å². The molecule has 198 valence electrons. The van der Waals surface area contributed by atoms with Gasteiger partial charge in [0.2, 0.25) is 0 Å². The fraction of sp³-hybridized carbons (Fsp3) is 0.0256. The van der Waals surface area contributed by atoms with Crippen LogP contribution in [-0.4, -0.2) is 8.07 Å². The lowest BCUT2D eigenvalue weighted by atomic mass is 9.96. The lowest BCUT2D eigenvalue weighted by Gasteiger charge is -2.42. The van der Waals surface area contributed by atoms with Crippen LogP contribution in [0.2, 0.25) is 6.55 Å². The summed E-state index contributed by atoms with van der Waals surface area (Å²) in [7, 11) is -2.64. The molecule has 9 rings (SSSR count). The number of rotatable bonds is 2. The topological polar surface area (TPSA) is 18.5 Å². The second kappa shape index (κ2) is 8.69. The largest absolute Gasteiger partial charge is 0.457 e. The second-order valence-corrected chi connectivity index (χ2v) is 15.2. The number of ether oxygens (including phenoxy) is 2. The minimum atomic E-state index is -2.64. The summed E-state index contributed by atoms with van der Waals surface area (Å²) in [5.41, 5.74) is 4.65. The molecule has 2 aliphatic heterocycles. The molecule has 3 heteroatoms.